The molecule has 0 aliphatic carbocycles. The summed E-state index contributed by atoms with van der Waals surface area (Å²) in [6.07, 6.45) is 3.01. The molecule has 1 N–H and O–H groups in total. The number of benzene rings is 1. The molecular formula is C16H15N3O3. The Morgan fingerprint density at radius 1 is 1.41 bits per heavy atom. The molecule has 0 radical (unpaired) electrons. The van der Waals surface area contributed by atoms with Crippen LogP contribution >= 0.6 is 0 Å². The molecule has 0 aliphatic rings. The number of aromatic amines is 1. The Labute approximate surface area is 128 Å². The lowest BCUT2D eigenvalue weighted by atomic mass is 10.1. The summed E-state index contributed by atoms with van der Waals surface area (Å²) in [6, 6.07) is 9.21. The molecule has 0 unspecified atom stereocenters. The maximum absolute atomic E-state index is 11.7. The van der Waals surface area contributed by atoms with Gasteiger partial charge in [-0.05, 0) is 37.3 Å². The molecule has 2 rings (SSSR count). The van der Waals surface area contributed by atoms with Gasteiger partial charge in [-0.25, -0.2) is 4.79 Å². The third kappa shape index (κ3) is 3.33. The summed E-state index contributed by atoms with van der Waals surface area (Å²) in [5.74, 6) is 0.0940. The first-order valence-electron chi connectivity index (χ1n) is 6.66. The van der Waals surface area contributed by atoms with Crippen molar-refractivity contribution in [2.24, 2.45) is 0 Å². The predicted molar refractivity (Wildman–Crippen MR) is 80.8 cm³/mol. The van der Waals surface area contributed by atoms with Crippen LogP contribution in [0.5, 0.6) is 5.75 Å². The van der Waals surface area contributed by atoms with E-state index in [0.29, 0.717) is 11.3 Å². The Bertz CT molecular complexity index is 724. The van der Waals surface area contributed by atoms with Crippen molar-refractivity contribution in [1.82, 2.24) is 10.2 Å². The normalized spacial score (nSPS) is 10.9. The average Bonchev–Trinajstić information content (AvgIpc) is 3.01. The van der Waals surface area contributed by atoms with Gasteiger partial charge in [0.15, 0.2) is 0 Å². The van der Waals surface area contributed by atoms with Gasteiger partial charge in [-0.1, -0.05) is 0 Å². The number of rotatable bonds is 5. The molecule has 6 heteroatoms. The van der Waals surface area contributed by atoms with Crippen molar-refractivity contribution in [3.05, 3.63) is 41.6 Å². The van der Waals surface area contributed by atoms with Crippen molar-refractivity contribution in [1.29, 1.82) is 5.26 Å². The molecule has 0 amide bonds. The number of methoxy groups -OCH3 is 1. The molecule has 0 bridgehead atoms. The number of hydrogen-bond donors (Lipinski definition) is 1. The van der Waals surface area contributed by atoms with Crippen molar-refractivity contribution in [2.45, 2.75) is 6.92 Å². The summed E-state index contributed by atoms with van der Waals surface area (Å²) in [5.41, 5.74) is 2.14. The molecule has 0 fully saturated rings. The molecule has 22 heavy (non-hydrogen) atoms. The first-order chi connectivity index (χ1) is 10.7. The quantitative estimate of drug-likeness (QED) is 0.520. The Balaban J connectivity index is 2.36. The molecule has 6 nitrogen and oxygen atoms in total. The first-order valence-corrected chi connectivity index (χ1v) is 6.66. The molecule has 1 aromatic heterocycles. The van der Waals surface area contributed by atoms with Gasteiger partial charge in [0.1, 0.15) is 17.4 Å². The third-order valence-electron chi connectivity index (χ3n) is 2.96. The second-order valence-corrected chi connectivity index (χ2v) is 4.32. The van der Waals surface area contributed by atoms with Crippen LogP contribution in [0.2, 0.25) is 0 Å². The highest BCUT2D eigenvalue weighted by Crippen LogP contribution is 2.25. The Hall–Kier alpha value is -3.07. The van der Waals surface area contributed by atoms with Crippen LogP contribution in [-0.2, 0) is 9.53 Å². The summed E-state index contributed by atoms with van der Waals surface area (Å²) < 4.78 is 9.96. The van der Waals surface area contributed by atoms with Crippen LogP contribution in [0, 0.1) is 11.3 Å². The predicted octanol–water partition coefficient (Wildman–Crippen LogP) is 2.56. The number of carbonyl (C=O) groups is 1. The molecule has 0 saturated heterocycles. The van der Waals surface area contributed by atoms with Gasteiger partial charge in [-0.2, -0.15) is 10.4 Å². The van der Waals surface area contributed by atoms with Crippen LogP contribution in [0.3, 0.4) is 0 Å². The zero-order valence-corrected chi connectivity index (χ0v) is 12.3. The van der Waals surface area contributed by atoms with Gasteiger partial charge in [0.2, 0.25) is 0 Å². The van der Waals surface area contributed by atoms with E-state index in [2.05, 4.69) is 10.2 Å². The third-order valence-corrected chi connectivity index (χ3v) is 2.96. The molecule has 112 valence electrons. The lowest BCUT2D eigenvalue weighted by Gasteiger charge is -2.03. The van der Waals surface area contributed by atoms with Crippen LogP contribution in [-0.4, -0.2) is 29.9 Å². The van der Waals surface area contributed by atoms with Crippen LogP contribution in [0.25, 0.3) is 17.3 Å². The number of ether oxygens (including phenoxy) is 2. The molecule has 0 saturated carbocycles. The van der Waals surface area contributed by atoms with E-state index in [4.69, 9.17) is 14.7 Å². The van der Waals surface area contributed by atoms with Crippen molar-refractivity contribution < 1.29 is 14.3 Å². The van der Waals surface area contributed by atoms with Gasteiger partial charge in [-0.15, -0.1) is 0 Å². The van der Waals surface area contributed by atoms with Gasteiger partial charge in [0, 0.05) is 11.1 Å². The van der Waals surface area contributed by atoms with Crippen LogP contribution in [0.4, 0.5) is 0 Å². The number of carbonyl (C=O) groups excluding carboxylic acids is 1. The molecule has 1 aromatic carbocycles. The molecule has 2 aromatic rings. The minimum Gasteiger partial charge on any atom is -0.497 e. The van der Waals surface area contributed by atoms with Crippen LogP contribution in [0.1, 0.15) is 12.5 Å². The van der Waals surface area contributed by atoms with Crippen molar-refractivity contribution >= 4 is 12.0 Å². The lowest BCUT2D eigenvalue weighted by Crippen LogP contribution is -2.06. The monoisotopic (exact) mass is 297 g/mol. The maximum atomic E-state index is 11.7. The fourth-order valence-electron chi connectivity index (χ4n) is 1.89. The fourth-order valence-corrected chi connectivity index (χ4v) is 1.89. The smallest absolute Gasteiger partial charge is 0.348 e. The zero-order valence-electron chi connectivity index (χ0n) is 12.3. The lowest BCUT2D eigenvalue weighted by molar-refractivity contribution is -0.137. The molecule has 0 spiro atoms. The SMILES string of the molecule is CCOC(=O)/C(C#N)=C/c1cn[nH]c1-c1ccc(OC)cc1. The summed E-state index contributed by atoms with van der Waals surface area (Å²) >= 11 is 0. The Morgan fingerprint density at radius 2 is 2.14 bits per heavy atom. The highest BCUT2D eigenvalue weighted by Gasteiger charge is 2.13. The number of H-pyrrole nitrogens is 1. The van der Waals surface area contributed by atoms with E-state index >= 15 is 0 Å². The van der Waals surface area contributed by atoms with Gasteiger partial charge in [0.25, 0.3) is 0 Å². The van der Waals surface area contributed by atoms with E-state index in [1.54, 1.807) is 20.2 Å². The zero-order chi connectivity index (χ0) is 15.9. The van der Waals surface area contributed by atoms with E-state index < -0.39 is 5.97 Å². The Kier molecular flexibility index (Phi) is 4.94. The second-order valence-electron chi connectivity index (χ2n) is 4.32. The average molecular weight is 297 g/mol. The summed E-state index contributed by atoms with van der Waals surface area (Å²) in [4.78, 5) is 11.7. The number of esters is 1. The topological polar surface area (TPSA) is 88.0 Å². The molecule has 1 heterocycles. The minimum absolute atomic E-state index is 0.0713. The van der Waals surface area contributed by atoms with E-state index in [-0.39, 0.29) is 12.2 Å². The fraction of sp³-hybridized carbons (Fsp3) is 0.188. The highest BCUT2D eigenvalue weighted by atomic mass is 16.5. The number of aromatic nitrogens is 2. The largest absolute Gasteiger partial charge is 0.497 e. The van der Waals surface area contributed by atoms with Gasteiger partial charge >= 0.3 is 5.97 Å². The molecular weight excluding hydrogens is 282 g/mol. The van der Waals surface area contributed by atoms with Crippen molar-refractivity contribution in [3.63, 3.8) is 0 Å². The van der Waals surface area contributed by atoms with Crippen molar-refractivity contribution in [3.8, 4) is 23.1 Å². The second kappa shape index (κ2) is 7.09. The van der Waals surface area contributed by atoms with E-state index in [1.165, 1.54) is 6.08 Å². The van der Waals surface area contributed by atoms with Gasteiger partial charge < -0.3 is 9.47 Å². The number of nitriles is 1. The summed E-state index contributed by atoms with van der Waals surface area (Å²) in [7, 11) is 1.60. The summed E-state index contributed by atoms with van der Waals surface area (Å²) in [5, 5.41) is 15.9. The van der Waals surface area contributed by atoms with Gasteiger partial charge in [0.05, 0.1) is 25.6 Å². The Morgan fingerprint density at radius 3 is 2.73 bits per heavy atom. The first kappa shape index (κ1) is 15.3. The minimum atomic E-state index is -0.646. The maximum Gasteiger partial charge on any atom is 0.348 e. The molecule has 0 atom stereocenters. The standard InChI is InChI=1S/C16H15N3O3/c1-3-22-16(20)12(9-17)8-13-10-18-19-15(13)11-4-6-14(21-2)7-5-11/h4-8,10H,3H2,1-2H3,(H,18,19)/b12-8+. The van der Waals surface area contributed by atoms with E-state index in [9.17, 15) is 4.79 Å². The number of nitrogens with one attached hydrogen (secondary N) is 1. The molecule has 0 aliphatic heterocycles. The number of hydrogen-bond acceptors (Lipinski definition) is 5. The van der Waals surface area contributed by atoms with Crippen LogP contribution < -0.4 is 4.74 Å². The highest BCUT2D eigenvalue weighted by molar-refractivity contribution is 5.98. The van der Waals surface area contributed by atoms with Crippen LogP contribution in [0.15, 0.2) is 36.0 Å². The summed E-state index contributed by atoms with van der Waals surface area (Å²) in [6.45, 7) is 1.90. The van der Waals surface area contributed by atoms with E-state index in [0.717, 1.165) is 11.3 Å². The van der Waals surface area contributed by atoms with Crippen molar-refractivity contribution in [2.75, 3.05) is 13.7 Å². The van der Waals surface area contributed by atoms with Gasteiger partial charge in [-0.3, -0.25) is 5.10 Å². The van der Waals surface area contributed by atoms with E-state index in [1.807, 2.05) is 30.3 Å². The number of nitrogens with zero attached hydrogens (tertiary/aromatic N) is 2.